The van der Waals surface area contributed by atoms with E-state index in [0.717, 1.165) is 18.4 Å². The molecule has 0 amide bonds. The van der Waals surface area contributed by atoms with Crippen LogP contribution in [-0.2, 0) is 14.3 Å². The molecule has 5 heteroatoms. The molecule has 140 valence electrons. The van der Waals surface area contributed by atoms with E-state index in [2.05, 4.69) is 13.8 Å². The van der Waals surface area contributed by atoms with E-state index in [-0.39, 0.29) is 17.1 Å². The minimum absolute atomic E-state index is 0.0771. The molecule has 0 aromatic heterocycles. The summed E-state index contributed by atoms with van der Waals surface area (Å²) < 4.78 is 12.0. The van der Waals surface area contributed by atoms with Crippen LogP contribution in [0.15, 0.2) is 11.1 Å². The van der Waals surface area contributed by atoms with E-state index in [1.54, 1.807) is 0 Å². The van der Waals surface area contributed by atoms with Crippen molar-refractivity contribution in [2.75, 3.05) is 6.61 Å². The predicted octanol–water partition coefficient (Wildman–Crippen LogP) is 2.14. The van der Waals surface area contributed by atoms with Crippen LogP contribution < -0.4 is 0 Å². The number of Topliss-reactive ketones (excluding diaryl/α,β-unsaturated/α-hetero) is 1. The van der Waals surface area contributed by atoms with Crippen LogP contribution in [0.5, 0.6) is 0 Å². The van der Waals surface area contributed by atoms with Gasteiger partial charge >= 0.3 is 0 Å². The fourth-order valence-electron chi connectivity index (χ4n) is 5.18. The Morgan fingerprint density at radius 3 is 2.52 bits per heavy atom. The van der Waals surface area contributed by atoms with Crippen LogP contribution in [-0.4, -0.2) is 52.1 Å². The summed E-state index contributed by atoms with van der Waals surface area (Å²) >= 11 is 0. The van der Waals surface area contributed by atoms with Crippen molar-refractivity contribution in [3.05, 3.63) is 11.1 Å². The first-order valence-corrected chi connectivity index (χ1v) is 9.56. The third-order valence-electron chi connectivity index (χ3n) is 7.71. The van der Waals surface area contributed by atoms with Gasteiger partial charge in [0.1, 0.15) is 11.7 Å². The highest BCUT2D eigenvalue weighted by Crippen LogP contribution is 2.54. The van der Waals surface area contributed by atoms with Gasteiger partial charge in [-0.05, 0) is 62.9 Å². The number of epoxide rings is 1. The summed E-state index contributed by atoms with van der Waals surface area (Å²) in [6, 6.07) is 0. The summed E-state index contributed by atoms with van der Waals surface area (Å²) in [6.45, 7) is 8.55. The standard InChI is InChI=1S/C20H30O5/c1-11-9-13(21)15-12-10-24-19(3,8-7-18(11,12)2)14(22)5-6-20(4)17(25-20)16(15)23/h11,13-14,17,21-22H,5-10H2,1-4H3/t11-,13+,14+,17-,18+,19-,20-/m1/s1. The van der Waals surface area contributed by atoms with Crippen molar-refractivity contribution in [1.82, 2.24) is 0 Å². The summed E-state index contributed by atoms with van der Waals surface area (Å²) in [4.78, 5) is 13.2. The minimum atomic E-state index is -0.752. The van der Waals surface area contributed by atoms with Gasteiger partial charge in [0.15, 0.2) is 5.78 Å². The summed E-state index contributed by atoms with van der Waals surface area (Å²) in [5.41, 5.74) is 0.109. The van der Waals surface area contributed by atoms with Gasteiger partial charge in [0, 0.05) is 5.57 Å². The van der Waals surface area contributed by atoms with Crippen LogP contribution in [0.4, 0.5) is 0 Å². The van der Waals surface area contributed by atoms with E-state index in [4.69, 9.17) is 9.47 Å². The van der Waals surface area contributed by atoms with E-state index in [1.807, 2.05) is 13.8 Å². The van der Waals surface area contributed by atoms with Crippen LogP contribution in [0, 0.1) is 11.3 Å². The normalized spacial score (nSPS) is 53.1. The molecule has 0 aromatic carbocycles. The molecule has 2 bridgehead atoms. The molecule has 0 unspecified atom stereocenters. The number of carbonyl (C=O) groups is 1. The van der Waals surface area contributed by atoms with Crippen molar-refractivity contribution < 1.29 is 24.5 Å². The van der Waals surface area contributed by atoms with Crippen molar-refractivity contribution in [1.29, 1.82) is 0 Å². The van der Waals surface area contributed by atoms with Gasteiger partial charge in [-0.3, -0.25) is 4.79 Å². The third kappa shape index (κ3) is 2.47. The van der Waals surface area contributed by atoms with Gasteiger partial charge in [-0.1, -0.05) is 13.8 Å². The van der Waals surface area contributed by atoms with E-state index in [1.165, 1.54) is 0 Å². The summed E-state index contributed by atoms with van der Waals surface area (Å²) in [5.74, 6) is 0.179. The van der Waals surface area contributed by atoms with Crippen LogP contribution >= 0.6 is 0 Å². The van der Waals surface area contributed by atoms with Crippen molar-refractivity contribution in [2.24, 2.45) is 11.3 Å². The molecule has 7 atom stereocenters. The maximum absolute atomic E-state index is 13.2. The molecular formula is C20H30O5. The lowest BCUT2D eigenvalue weighted by Crippen LogP contribution is -2.43. The molecule has 2 N–H and O–H groups in total. The first kappa shape index (κ1) is 17.7. The topological polar surface area (TPSA) is 79.3 Å². The molecule has 0 radical (unpaired) electrons. The Bertz CT molecular complexity index is 642. The Balaban J connectivity index is 1.87. The number of aliphatic hydroxyl groups is 2. The Hall–Kier alpha value is -0.750. The van der Waals surface area contributed by atoms with Gasteiger partial charge in [-0.2, -0.15) is 0 Å². The lowest BCUT2D eigenvalue weighted by Gasteiger charge is -2.44. The summed E-state index contributed by atoms with van der Waals surface area (Å²) in [5, 5.41) is 21.6. The Morgan fingerprint density at radius 2 is 1.80 bits per heavy atom. The van der Waals surface area contributed by atoms with Crippen LogP contribution in [0.1, 0.15) is 59.8 Å². The predicted molar refractivity (Wildman–Crippen MR) is 92.0 cm³/mol. The van der Waals surface area contributed by atoms with Crippen molar-refractivity contribution >= 4 is 5.78 Å². The monoisotopic (exact) mass is 350 g/mol. The second-order valence-corrected chi connectivity index (χ2v) is 9.29. The maximum atomic E-state index is 13.2. The molecular weight excluding hydrogens is 320 g/mol. The zero-order valence-corrected chi connectivity index (χ0v) is 15.7. The Labute approximate surface area is 149 Å². The second kappa shape index (κ2) is 5.38. The van der Waals surface area contributed by atoms with Crippen molar-refractivity contribution in [3.63, 3.8) is 0 Å². The number of rotatable bonds is 0. The van der Waals surface area contributed by atoms with E-state index in [0.29, 0.717) is 31.4 Å². The van der Waals surface area contributed by atoms with Crippen molar-refractivity contribution in [3.8, 4) is 0 Å². The zero-order valence-electron chi connectivity index (χ0n) is 15.7. The van der Waals surface area contributed by atoms with E-state index in [9.17, 15) is 15.0 Å². The molecule has 0 spiro atoms. The number of hydrogen-bond acceptors (Lipinski definition) is 5. The number of aliphatic hydroxyl groups excluding tert-OH is 2. The Kier molecular flexibility index (Phi) is 3.80. The summed E-state index contributed by atoms with van der Waals surface area (Å²) in [6.07, 6.45) is 1.52. The fourth-order valence-corrected chi connectivity index (χ4v) is 5.18. The molecule has 3 heterocycles. The van der Waals surface area contributed by atoms with E-state index >= 15 is 0 Å². The van der Waals surface area contributed by atoms with Crippen LogP contribution in [0.2, 0.25) is 0 Å². The smallest absolute Gasteiger partial charge is 0.193 e. The number of fused-ring (bicyclic) bond motifs is 3. The van der Waals surface area contributed by atoms with Gasteiger partial charge in [0.05, 0.1) is 24.4 Å². The lowest BCUT2D eigenvalue weighted by atomic mass is 9.61. The van der Waals surface area contributed by atoms with Crippen LogP contribution in [0.25, 0.3) is 0 Å². The lowest BCUT2D eigenvalue weighted by molar-refractivity contribution is -0.118. The van der Waals surface area contributed by atoms with Gasteiger partial charge < -0.3 is 19.7 Å². The largest absolute Gasteiger partial charge is 0.390 e. The highest BCUT2D eigenvalue weighted by molar-refractivity contribution is 6.03. The molecule has 0 saturated carbocycles. The fraction of sp³-hybridized carbons (Fsp3) is 0.850. The minimum Gasteiger partial charge on any atom is -0.390 e. The molecule has 3 aliphatic heterocycles. The van der Waals surface area contributed by atoms with Crippen LogP contribution in [0.3, 0.4) is 0 Å². The number of carbonyl (C=O) groups excluding carboxylic acids is 1. The highest BCUT2D eigenvalue weighted by atomic mass is 16.6. The SMILES string of the molecule is C[C@@H]1C[C@H](O)C2=C3CO[C@](C)(CC[C@]31C)[C@@H](O)CC[C@@]1(C)O[C@@H]1C2=O. The second-order valence-electron chi connectivity index (χ2n) is 9.29. The molecule has 5 nitrogen and oxygen atoms in total. The quantitative estimate of drug-likeness (QED) is 0.655. The van der Waals surface area contributed by atoms with Gasteiger partial charge in [0.2, 0.25) is 0 Å². The number of ketones is 1. The van der Waals surface area contributed by atoms with Gasteiger partial charge in [-0.15, -0.1) is 0 Å². The van der Waals surface area contributed by atoms with Gasteiger partial charge in [-0.25, -0.2) is 0 Å². The average molecular weight is 350 g/mol. The van der Waals surface area contributed by atoms with Gasteiger partial charge in [0.25, 0.3) is 0 Å². The molecule has 1 aliphatic carbocycles. The maximum Gasteiger partial charge on any atom is 0.193 e. The number of hydrogen-bond donors (Lipinski definition) is 2. The molecule has 25 heavy (non-hydrogen) atoms. The average Bonchev–Trinajstić information content (AvgIpc) is 3.25. The molecule has 0 aromatic rings. The molecule has 4 rings (SSSR count). The zero-order chi connectivity index (χ0) is 18.2. The third-order valence-corrected chi connectivity index (χ3v) is 7.71. The van der Waals surface area contributed by atoms with Crippen molar-refractivity contribution in [2.45, 2.75) is 89.3 Å². The summed E-state index contributed by atoms with van der Waals surface area (Å²) in [7, 11) is 0. The number of ether oxygens (including phenoxy) is 2. The molecule has 2 fully saturated rings. The molecule has 4 aliphatic rings. The first-order chi connectivity index (χ1) is 11.6. The first-order valence-electron chi connectivity index (χ1n) is 9.56. The Morgan fingerprint density at radius 1 is 1.08 bits per heavy atom. The molecule has 2 saturated heterocycles. The van der Waals surface area contributed by atoms with E-state index < -0.39 is 29.5 Å². The highest BCUT2D eigenvalue weighted by Gasteiger charge is 2.60.